The number of benzene rings is 1. The van der Waals surface area contributed by atoms with E-state index in [9.17, 15) is 5.11 Å². The van der Waals surface area contributed by atoms with E-state index in [2.05, 4.69) is 0 Å². The largest absolute Gasteiger partial charge is 0.490 e. The van der Waals surface area contributed by atoms with E-state index < -0.39 is 0 Å². The monoisotopic (exact) mass is 251 g/mol. The van der Waals surface area contributed by atoms with Gasteiger partial charge in [-0.3, -0.25) is 0 Å². The topological polar surface area (TPSA) is 53.2 Å². The van der Waals surface area contributed by atoms with Crippen molar-refractivity contribution in [2.75, 3.05) is 0 Å². The van der Waals surface area contributed by atoms with Gasteiger partial charge in [-0.25, -0.2) is 0 Å². The fourth-order valence-corrected chi connectivity index (χ4v) is 2.29. The normalized spacial score (nSPS) is 24.1. The first-order valence-corrected chi connectivity index (χ1v) is 6.11. The van der Waals surface area contributed by atoms with Gasteiger partial charge in [-0.2, -0.15) is 5.26 Å². The Labute approximate surface area is 106 Å². The molecule has 0 heterocycles. The standard InChI is InChI=1S/C13H14ClNO2/c14-13-7-12(5-4-9(13)8-15)17-11-3-1-2-10(16)6-11/h4-5,7,10-11,16H,1-3,6H2. The minimum atomic E-state index is -0.261. The van der Waals surface area contributed by atoms with Gasteiger partial charge in [-0.1, -0.05) is 11.6 Å². The van der Waals surface area contributed by atoms with Crippen molar-refractivity contribution in [1.29, 1.82) is 5.26 Å². The predicted molar refractivity (Wildman–Crippen MR) is 65.1 cm³/mol. The van der Waals surface area contributed by atoms with E-state index in [-0.39, 0.29) is 12.2 Å². The van der Waals surface area contributed by atoms with Crippen molar-refractivity contribution in [1.82, 2.24) is 0 Å². The molecule has 17 heavy (non-hydrogen) atoms. The van der Waals surface area contributed by atoms with Crippen LogP contribution in [0.4, 0.5) is 0 Å². The molecule has 1 aliphatic rings. The Morgan fingerprint density at radius 2 is 2.24 bits per heavy atom. The number of hydrogen-bond acceptors (Lipinski definition) is 3. The molecule has 2 atom stereocenters. The number of aliphatic hydroxyl groups is 1. The second kappa shape index (κ2) is 5.39. The first-order chi connectivity index (χ1) is 8.19. The highest BCUT2D eigenvalue weighted by molar-refractivity contribution is 6.31. The number of halogens is 1. The minimum absolute atomic E-state index is 0.0442. The molecule has 2 rings (SSSR count). The maximum absolute atomic E-state index is 9.55. The van der Waals surface area contributed by atoms with Gasteiger partial charge < -0.3 is 9.84 Å². The number of rotatable bonds is 2. The Bertz CT molecular complexity index is 442. The van der Waals surface area contributed by atoms with Crippen molar-refractivity contribution < 1.29 is 9.84 Å². The third-order valence-electron chi connectivity index (χ3n) is 2.96. The maximum atomic E-state index is 9.55. The van der Waals surface area contributed by atoms with Crippen LogP contribution in [-0.2, 0) is 0 Å². The van der Waals surface area contributed by atoms with Crippen LogP contribution < -0.4 is 4.74 Å². The highest BCUT2D eigenvalue weighted by Gasteiger charge is 2.21. The Kier molecular flexibility index (Phi) is 3.88. The molecule has 0 aromatic heterocycles. The molecule has 0 amide bonds. The molecule has 0 spiro atoms. The van der Waals surface area contributed by atoms with E-state index in [0.29, 0.717) is 22.8 Å². The molecule has 1 aromatic carbocycles. The molecule has 4 heteroatoms. The number of aliphatic hydroxyl groups excluding tert-OH is 1. The second-order valence-electron chi connectivity index (χ2n) is 4.31. The van der Waals surface area contributed by atoms with Crippen LogP contribution in [0.5, 0.6) is 5.75 Å². The van der Waals surface area contributed by atoms with Gasteiger partial charge in [0.15, 0.2) is 0 Å². The third-order valence-corrected chi connectivity index (χ3v) is 3.27. The van der Waals surface area contributed by atoms with E-state index in [1.807, 2.05) is 6.07 Å². The molecule has 0 aliphatic heterocycles. The van der Waals surface area contributed by atoms with Gasteiger partial charge in [0.05, 0.1) is 16.7 Å². The van der Waals surface area contributed by atoms with Gasteiger partial charge in [0.25, 0.3) is 0 Å². The van der Waals surface area contributed by atoms with Crippen LogP contribution in [0, 0.1) is 11.3 Å². The lowest BCUT2D eigenvalue weighted by Crippen LogP contribution is -2.28. The van der Waals surface area contributed by atoms with Crippen molar-refractivity contribution in [3.05, 3.63) is 28.8 Å². The average Bonchev–Trinajstić information content (AvgIpc) is 2.29. The zero-order valence-electron chi connectivity index (χ0n) is 9.40. The molecule has 0 radical (unpaired) electrons. The Morgan fingerprint density at radius 3 is 2.88 bits per heavy atom. The van der Waals surface area contributed by atoms with Crippen LogP contribution in [0.3, 0.4) is 0 Å². The summed E-state index contributed by atoms with van der Waals surface area (Å²) in [6, 6.07) is 7.05. The molecule has 0 saturated heterocycles. The van der Waals surface area contributed by atoms with E-state index in [4.69, 9.17) is 21.6 Å². The molecular weight excluding hydrogens is 238 g/mol. The van der Waals surface area contributed by atoms with Crippen LogP contribution in [-0.4, -0.2) is 17.3 Å². The van der Waals surface area contributed by atoms with Crippen LogP contribution in [0.15, 0.2) is 18.2 Å². The number of nitrogens with zero attached hydrogens (tertiary/aromatic N) is 1. The average molecular weight is 252 g/mol. The van der Waals surface area contributed by atoms with E-state index in [1.165, 1.54) is 0 Å². The molecule has 1 fully saturated rings. The molecular formula is C13H14ClNO2. The van der Waals surface area contributed by atoms with Crippen molar-refractivity contribution in [2.24, 2.45) is 0 Å². The summed E-state index contributed by atoms with van der Waals surface area (Å²) in [7, 11) is 0. The summed E-state index contributed by atoms with van der Waals surface area (Å²) in [4.78, 5) is 0. The molecule has 90 valence electrons. The molecule has 0 bridgehead atoms. The van der Waals surface area contributed by atoms with Crippen LogP contribution in [0.25, 0.3) is 0 Å². The summed E-state index contributed by atoms with van der Waals surface area (Å²) in [6.07, 6.45) is 3.24. The van der Waals surface area contributed by atoms with Crippen molar-refractivity contribution in [3.8, 4) is 11.8 Å². The van der Waals surface area contributed by atoms with E-state index in [1.54, 1.807) is 18.2 Å². The highest BCUT2D eigenvalue weighted by atomic mass is 35.5. The van der Waals surface area contributed by atoms with E-state index in [0.717, 1.165) is 19.3 Å². The summed E-state index contributed by atoms with van der Waals surface area (Å²) in [5.41, 5.74) is 0.447. The molecule has 1 aliphatic carbocycles. The lowest BCUT2D eigenvalue weighted by Gasteiger charge is -2.26. The maximum Gasteiger partial charge on any atom is 0.121 e. The Morgan fingerprint density at radius 1 is 1.41 bits per heavy atom. The van der Waals surface area contributed by atoms with E-state index >= 15 is 0 Å². The fraction of sp³-hybridized carbons (Fsp3) is 0.462. The summed E-state index contributed by atoms with van der Waals surface area (Å²) < 4.78 is 5.75. The lowest BCUT2D eigenvalue weighted by atomic mass is 9.95. The zero-order valence-corrected chi connectivity index (χ0v) is 10.2. The van der Waals surface area contributed by atoms with Crippen molar-refractivity contribution in [2.45, 2.75) is 37.9 Å². The smallest absolute Gasteiger partial charge is 0.121 e. The first-order valence-electron chi connectivity index (χ1n) is 5.73. The Hall–Kier alpha value is -1.24. The summed E-state index contributed by atoms with van der Waals surface area (Å²) in [5, 5.41) is 18.7. The van der Waals surface area contributed by atoms with Gasteiger partial charge in [0, 0.05) is 12.5 Å². The summed E-state index contributed by atoms with van der Waals surface area (Å²) >= 11 is 5.92. The lowest BCUT2D eigenvalue weighted by molar-refractivity contribution is 0.0536. The van der Waals surface area contributed by atoms with Crippen molar-refractivity contribution >= 4 is 11.6 Å². The van der Waals surface area contributed by atoms with Gasteiger partial charge in [-0.05, 0) is 31.4 Å². The third kappa shape index (κ3) is 3.12. The molecule has 1 aromatic rings. The van der Waals surface area contributed by atoms with Crippen molar-refractivity contribution in [3.63, 3.8) is 0 Å². The van der Waals surface area contributed by atoms with Crippen LogP contribution >= 0.6 is 11.6 Å². The molecule has 2 unspecified atom stereocenters. The second-order valence-corrected chi connectivity index (χ2v) is 4.72. The quantitative estimate of drug-likeness (QED) is 0.879. The highest BCUT2D eigenvalue weighted by Crippen LogP contribution is 2.27. The summed E-state index contributed by atoms with van der Waals surface area (Å²) in [5.74, 6) is 0.660. The molecule has 3 nitrogen and oxygen atoms in total. The predicted octanol–water partition coefficient (Wildman–Crippen LogP) is 2.89. The van der Waals surface area contributed by atoms with Gasteiger partial charge in [-0.15, -0.1) is 0 Å². The number of nitriles is 1. The SMILES string of the molecule is N#Cc1ccc(OC2CCCC(O)C2)cc1Cl. The minimum Gasteiger partial charge on any atom is -0.490 e. The number of ether oxygens (including phenoxy) is 1. The van der Waals surface area contributed by atoms with Gasteiger partial charge >= 0.3 is 0 Å². The molecule has 1 saturated carbocycles. The zero-order chi connectivity index (χ0) is 12.3. The first kappa shape index (κ1) is 12.2. The fourth-order valence-electron chi connectivity index (χ4n) is 2.08. The van der Waals surface area contributed by atoms with Crippen LogP contribution in [0.2, 0.25) is 5.02 Å². The molecule has 1 N–H and O–H groups in total. The van der Waals surface area contributed by atoms with Crippen LogP contribution in [0.1, 0.15) is 31.2 Å². The summed E-state index contributed by atoms with van der Waals surface area (Å²) in [6.45, 7) is 0. The Balaban J connectivity index is 2.04. The van der Waals surface area contributed by atoms with Gasteiger partial charge in [0.2, 0.25) is 0 Å². The van der Waals surface area contributed by atoms with Gasteiger partial charge in [0.1, 0.15) is 17.9 Å². The number of hydrogen-bond donors (Lipinski definition) is 1.